The molecule has 0 atom stereocenters. The average molecular weight is 345 g/mol. The molecule has 6 nitrogen and oxygen atoms in total. The Labute approximate surface area is 137 Å². The third kappa shape index (κ3) is 2.35. The van der Waals surface area contributed by atoms with Crippen molar-refractivity contribution < 1.29 is 17.6 Å². The van der Waals surface area contributed by atoms with Gasteiger partial charge in [0.1, 0.15) is 5.82 Å². The van der Waals surface area contributed by atoms with Gasteiger partial charge in [-0.2, -0.15) is 0 Å². The van der Waals surface area contributed by atoms with Crippen LogP contribution < -0.4 is 4.90 Å². The lowest BCUT2D eigenvalue weighted by atomic mass is 10.1. The summed E-state index contributed by atoms with van der Waals surface area (Å²) in [5.74, 6) is -1.12. The number of sulfonamides is 1. The van der Waals surface area contributed by atoms with E-state index in [1.807, 2.05) is 0 Å². The number of carbonyl (C=O) groups excluding carboxylic acids is 1. The van der Waals surface area contributed by atoms with Crippen molar-refractivity contribution in [2.45, 2.75) is 6.54 Å². The Morgan fingerprint density at radius 3 is 2.54 bits per heavy atom. The summed E-state index contributed by atoms with van der Waals surface area (Å²) in [5.41, 5.74) is 1.77. The van der Waals surface area contributed by atoms with Crippen molar-refractivity contribution in [1.29, 1.82) is 0 Å². The first-order valence-electron chi connectivity index (χ1n) is 7.20. The van der Waals surface area contributed by atoms with E-state index in [-0.39, 0.29) is 24.2 Å². The smallest absolute Gasteiger partial charge is 0.275 e. The molecule has 1 amide bonds. The first kappa shape index (κ1) is 14.8. The van der Waals surface area contributed by atoms with E-state index in [1.54, 1.807) is 41.3 Å². The fraction of sp³-hybridized carbons (Fsp3) is 0.125. The monoisotopic (exact) mass is 345 g/mol. The SMILES string of the molecule is O=C1c2ccccc2N(Cc2ccc(F)cc2)C2=NS(=O)(=O)CN12. The number of amides is 1. The minimum atomic E-state index is -3.72. The van der Waals surface area contributed by atoms with Gasteiger partial charge in [0.05, 0.1) is 17.8 Å². The molecule has 122 valence electrons. The Morgan fingerprint density at radius 1 is 1.08 bits per heavy atom. The number of hydrogen-bond donors (Lipinski definition) is 0. The maximum atomic E-state index is 13.1. The summed E-state index contributed by atoms with van der Waals surface area (Å²) in [7, 11) is -3.72. The molecule has 0 saturated carbocycles. The normalized spacial score (nSPS) is 18.2. The molecular weight excluding hydrogens is 333 g/mol. The summed E-state index contributed by atoms with van der Waals surface area (Å²) in [6, 6.07) is 12.8. The molecule has 24 heavy (non-hydrogen) atoms. The van der Waals surface area contributed by atoms with Gasteiger partial charge in [-0.25, -0.2) is 12.8 Å². The topological polar surface area (TPSA) is 70.0 Å². The highest BCUT2D eigenvalue weighted by Gasteiger charge is 2.42. The maximum Gasteiger partial charge on any atom is 0.275 e. The number of fused-ring (bicyclic) bond motifs is 2. The fourth-order valence-corrected chi connectivity index (χ4v) is 3.90. The zero-order valence-electron chi connectivity index (χ0n) is 12.4. The van der Waals surface area contributed by atoms with Crippen LogP contribution in [0, 0.1) is 5.82 Å². The second-order valence-corrected chi connectivity index (χ2v) is 7.17. The van der Waals surface area contributed by atoms with Gasteiger partial charge < -0.3 is 4.90 Å². The summed E-state index contributed by atoms with van der Waals surface area (Å²) in [5, 5.41) is 0. The molecule has 0 spiro atoms. The predicted octanol–water partition coefficient (Wildman–Crippen LogP) is 1.95. The molecule has 0 saturated heterocycles. The molecule has 4 rings (SSSR count). The standard InChI is InChI=1S/C16H12FN3O3S/c17-12-7-5-11(6-8-12)9-19-14-4-2-1-3-13(14)15(21)20-10-24(22,23)18-16(19)20/h1-8H,9-10H2. The largest absolute Gasteiger partial charge is 0.306 e. The Bertz CT molecular complexity index is 970. The number of carbonyl (C=O) groups is 1. The van der Waals surface area contributed by atoms with Crippen molar-refractivity contribution in [2.75, 3.05) is 10.8 Å². The number of rotatable bonds is 2. The van der Waals surface area contributed by atoms with Crippen molar-refractivity contribution in [3.8, 4) is 0 Å². The van der Waals surface area contributed by atoms with Crippen LogP contribution in [-0.2, 0) is 16.6 Å². The molecular formula is C16H12FN3O3S. The van der Waals surface area contributed by atoms with E-state index in [1.165, 1.54) is 12.1 Å². The molecule has 2 aromatic carbocycles. The van der Waals surface area contributed by atoms with Gasteiger partial charge in [-0.05, 0) is 29.8 Å². The second kappa shape index (κ2) is 5.13. The van der Waals surface area contributed by atoms with Crippen LogP contribution in [0.2, 0.25) is 0 Å². The van der Waals surface area contributed by atoms with Gasteiger partial charge in [0.25, 0.3) is 15.9 Å². The third-order valence-corrected chi connectivity index (χ3v) is 4.95. The molecule has 2 aliphatic rings. The number of guanidine groups is 1. The Hall–Kier alpha value is -2.74. The molecule has 0 unspecified atom stereocenters. The fourth-order valence-electron chi connectivity index (χ4n) is 2.84. The number of anilines is 1. The van der Waals surface area contributed by atoms with E-state index in [4.69, 9.17) is 0 Å². The van der Waals surface area contributed by atoms with Gasteiger partial charge in [0.2, 0.25) is 5.96 Å². The van der Waals surface area contributed by atoms with Crippen LogP contribution in [-0.4, -0.2) is 31.1 Å². The van der Waals surface area contributed by atoms with Gasteiger partial charge >= 0.3 is 0 Å². The minimum Gasteiger partial charge on any atom is -0.306 e. The van der Waals surface area contributed by atoms with E-state index in [9.17, 15) is 17.6 Å². The summed E-state index contributed by atoms with van der Waals surface area (Å²) in [4.78, 5) is 15.3. The highest BCUT2D eigenvalue weighted by molar-refractivity contribution is 7.90. The van der Waals surface area contributed by atoms with E-state index in [2.05, 4.69) is 4.40 Å². The average Bonchev–Trinajstić information content (AvgIpc) is 2.89. The lowest BCUT2D eigenvalue weighted by Gasteiger charge is -2.35. The van der Waals surface area contributed by atoms with E-state index >= 15 is 0 Å². The number of halogens is 1. The molecule has 2 heterocycles. The molecule has 0 bridgehead atoms. The third-order valence-electron chi connectivity index (χ3n) is 3.92. The van der Waals surface area contributed by atoms with Crippen LogP contribution in [0.4, 0.5) is 10.1 Å². The van der Waals surface area contributed by atoms with Crippen LogP contribution in [0.25, 0.3) is 0 Å². The number of nitrogens with zero attached hydrogens (tertiary/aromatic N) is 3. The lowest BCUT2D eigenvalue weighted by Crippen LogP contribution is -2.49. The van der Waals surface area contributed by atoms with E-state index in [0.717, 1.165) is 10.5 Å². The van der Waals surface area contributed by atoms with Crippen molar-refractivity contribution >= 4 is 27.6 Å². The van der Waals surface area contributed by atoms with Gasteiger partial charge in [0, 0.05) is 0 Å². The Kier molecular flexibility index (Phi) is 3.17. The Balaban J connectivity index is 1.83. The van der Waals surface area contributed by atoms with Gasteiger partial charge in [-0.15, -0.1) is 4.40 Å². The van der Waals surface area contributed by atoms with Crippen molar-refractivity contribution in [3.63, 3.8) is 0 Å². The molecule has 0 fully saturated rings. The van der Waals surface area contributed by atoms with Crippen LogP contribution in [0.1, 0.15) is 15.9 Å². The van der Waals surface area contributed by atoms with Crippen LogP contribution in [0.15, 0.2) is 52.9 Å². The highest BCUT2D eigenvalue weighted by Crippen LogP contribution is 2.32. The summed E-state index contributed by atoms with van der Waals surface area (Å²) in [6.07, 6.45) is 0. The lowest BCUT2D eigenvalue weighted by molar-refractivity contribution is 0.0859. The van der Waals surface area contributed by atoms with Crippen molar-refractivity contribution in [1.82, 2.24) is 4.90 Å². The first-order chi connectivity index (χ1) is 11.4. The molecule has 8 heteroatoms. The summed E-state index contributed by atoms with van der Waals surface area (Å²) < 4.78 is 40.6. The molecule has 0 aromatic heterocycles. The van der Waals surface area contributed by atoms with Crippen molar-refractivity contribution in [3.05, 3.63) is 65.5 Å². The number of hydrogen-bond acceptors (Lipinski definition) is 4. The zero-order valence-corrected chi connectivity index (χ0v) is 13.2. The van der Waals surface area contributed by atoms with E-state index < -0.39 is 15.9 Å². The van der Waals surface area contributed by atoms with Crippen LogP contribution >= 0.6 is 0 Å². The summed E-state index contributed by atoms with van der Waals surface area (Å²) >= 11 is 0. The molecule has 0 aliphatic carbocycles. The number of benzene rings is 2. The van der Waals surface area contributed by atoms with Gasteiger partial charge in [-0.3, -0.25) is 9.69 Å². The molecule has 0 N–H and O–H groups in total. The van der Waals surface area contributed by atoms with Gasteiger partial charge in [-0.1, -0.05) is 24.3 Å². The summed E-state index contributed by atoms with van der Waals surface area (Å²) in [6.45, 7) is 0.273. The first-order valence-corrected chi connectivity index (χ1v) is 8.81. The van der Waals surface area contributed by atoms with Crippen LogP contribution in [0.5, 0.6) is 0 Å². The highest BCUT2D eigenvalue weighted by atomic mass is 32.2. The molecule has 0 radical (unpaired) electrons. The quantitative estimate of drug-likeness (QED) is 0.834. The predicted molar refractivity (Wildman–Crippen MR) is 86.4 cm³/mol. The Morgan fingerprint density at radius 2 is 1.79 bits per heavy atom. The second-order valence-electron chi connectivity index (χ2n) is 5.57. The van der Waals surface area contributed by atoms with Crippen LogP contribution in [0.3, 0.4) is 0 Å². The minimum absolute atomic E-state index is 0.0861. The zero-order chi connectivity index (χ0) is 16.9. The van der Waals surface area contributed by atoms with Crippen molar-refractivity contribution in [2.24, 2.45) is 4.40 Å². The molecule has 2 aliphatic heterocycles. The number of para-hydroxylation sites is 1. The maximum absolute atomic E-state index is 13.1. The van der Waals surface area contributed by atoms with E-state index in [0.29, 0.717) is 11.3 Å². The van der Waals surface area contributed by atoms with Gasteiger partial charge in [0.15, 0.2) is 5.88 Å². The molecule has 2 aromatic rings.